The van der Waals surface area contributed by atoms with Crippen molar-refractivity contribution in [2.75, 3.05) is 32.1 Å². The molecular formula is C22H24ClN3O2S. The molecule has 2 heterocycles. The summed E-state index contributed by atoms with van der Waals surface area (Å²) < 4.78 is 6.48. The predicted molar refractivity (Wildman–Crippen MR) is 126 cm³/mol. The lowest BCUT2D eigenvalue weighted by atomic mass is 9.95. The topological polar surface area (TPSA) is 71.4 Å². The van der Waals surface area contributed by atoms with Crippen molar-refractivity contribution in [1.82, 2.24) is 4.98 Å². The Morgan fingerprint density at radius 1 is 1.21 bits per heavy atom. The van der Waals surface area contributed by atoms with Crippen LogP contribution in [0.15, 0.2) is 46.6 Å². The number of aryl methyl sites for hydroxylation is 1. The number of aromatic nitrogens is 1. The molecule has 5 nitrogen and oxygen atoms in total. The number of aromatic amines is 1. The van der Waals surface area contributed by atoms with E-state index in [9.17, 15) is 4.79 Å². The van der Waals surface area contributed by atoms with Gasteiger partial charge in [-0.05, 0) is 47.7 Å². The molecule has 0 aliphatic rings. The molecule has 0 atom stereocenters. The van der Waals surface area contributed by atoms with E-state index in [0.717, 1.165) is 55.7 Å². The van der Waals surface area contributed by atoms with Crippen LogP contribution in [0.5, 0.6) is 5.75 Å². The van der Waals surface area contributed by atoms with Crippen molar-refractivity contribution in [3.63, 3.8) is 0 Å². The largest absolute Gasteiger partial charge is 0.496 e. The molecule has 0 bridgehead atoms. The third kappa shape index (κ3) is 3.59. The quantitative estimate of drug-likeness (QED) is 0.488. The van der Waals surface area contributed by atoms with Crippen LogP contribution in [0.2, 0.25) is 0 Å². The monoisotopic (exact) mass is 429 g/mol. The number of nitrogens with one attached hydrogen (secondary N) is 1. The second kappa shape index (κ2) is 8.45. The summed E-state index contributed by atoms with van der Waals surface area (Å²) in [4.78, 5) is 17.7. The Bertz CT molecular complexity index is 1210. The predicted octanol–water partition coefficient (Wildman–Crippen LogP) is 4.54. The second-order valence-corrected chi connectivity index (χ2v) is 7.81. The molecule has 4 rings (SSSR count). The van der Waals surface area contributed by atoms with E-state index < -0.39 is 0 Å². The number of halogens is 1. The van der Waals surface area contributed by atoms with Gasteiger partial charge < -0.3 is 20.4 Å². The molecule has 29 heavy (non-hydrogen) atoms. The van der Waals surface area contributed by atoms with Crippen LogP contribution in [0.1, 0.15) is 5.56 Å². The maximum atomic E-state index is 12.5. The summed E-state index contributed by atoms with van der Waals surface area (Å²) in [7, 11) is 3.72. The number of ether oxygens (including phenoxy) is 1. The van der Waals surface area contributed by atoms with Crippen LogP contribution in [-0.2, 0) is 0 Å². The molecule has 4 aromatic rings. The minimum atomic E-state index is -0.0459. The van der Waals surface area contributed by atoms with E-state index in [4.69, 9.17) is 10.5 Å². The average molecular weight is 430 g/mol. The minimum absolute atomic E-state index is 0. The van der Waals surface area contributed by atoms with Crippen molar-refractivity contribution in [3.8, 4) is 16.9 Å². The highest BCUT2D eigenvalue weighted by Crippen LogP contribution is 2.42. The highest BCUT2D eigenvalue weighted by atomic mass is 35.5. The van der Waals surface area contributed by atoms with Crippen LogP contribution in [0.25, 0.3) is 32.1 Å². The van der Waals surface area contributed by atoms with Gasteiger partial charge in [-0.3, -0.25) is 4.79 Å². The molecule has 2 aromatic heterocycles. The summed E-state index contributed by atoms with van der Waals surface area (Å²) in [6.45, 7) is 3.40. The molecule has 0 radical (unpaired) electrons. The van der Waals surface area contributed by atoms with Gasteiger partial charge in [0.1, 0.15) is 10.4 Å². The van der Waals surface area contributed by atoms with Gasteiger partial charge in [-0.2, -0.15) is 0 Å². The number of pyridine rings is 1. The van der Waals surface area contributed by atoms with Gasteiger partial charge in [-0.25, -0.2) is 0 Å². The standard InChI is InChI=1S/C22H23N3O2S.ClH/c1-13-12-17(27-3)18(14-4-6-15(7-5-14)25(2)10-9-23)19-16-8-11-28-21(16)22(26)24-20(13)19;/h4-8,11-12H,9-10,23H2,1-3H3,(H,24,26);1H. The van der Waals surface area contributed by atoms with Gasteiger partial charge in [0.25, 0.3) is 5.56 Å². The Morgan fingerprint density at radius 2 is 1.93 bits per heavy atom. The molecular weight excluding hydrogens is 406 g/mol. The number of thiophene rings is 1. The number of likely N-dealkylation sites (N-methyl/N-ethyl adjacent to an activating group) is 1. The molecule has 0 spiro atoms. The lowest BCUT2D eigenvalue weighted by molar-refractivity contribution is 0.416. The first-order chi connectivity index (χ1) is 13.5. The molecule has 0 fully saturated rings. The molecule has 7 heteroatoms. The van der Waals surface area contributed by atoms with Crippen molar-refractivity contribution in [3.05, 3.63) is 57.7 Å². The van der Waals surface area contributed by atoms with Crippen LogP contribution in [-0.4, -0.2) is 32.2 Å². The Kier molecular flexibility index (Phi) is 6.17. The van der Waals surface area contributed by atoms with E-state index in [-0.39, 0.29) is 18.0 Å². The summed E-state index contributed by atoms with van der Waals surface area (Å²) in [6.07, 6.45) is 0. The number of fused-ring (bicyclic) bond motifs is 3. The Labute approximate surface area is 179 Å². The summed E-state index contributed by atoms with van der Waals surface area (Å²) in [6, 6.07) is 12.4. The number of benzene rings is 2. The van der Waals surface area contributed by atoms with Crippen LogP contribution in [0, 0.1) is 6.92 Å². The number of hydrogen-bond acceptors (Lipinski definition) is 5. The van der Waals surface area contributed by atoms with Crippen LogP contribution >= 0.6 is 23.7 Å². The summed E-state index contributed by atoms with van der Waals surface area (Å²) in [5.41, 5.74) is 10.6. The molecule has 0 unspecified atom stereocenters. The van der Waals surface area contributed by atoms with Crippen LogP contribution in [0.3, 0.4) is 0 Å². The van der Waals surface area contributed by atoms with E-state index in [2.05, 4.69) is 34.1 Å². The fraction of sp³-hybridized carbons (Fsp3) is 0.227. The Morgan fingerprint density at radius 3 is 2.59 bits per heavy atom. The second-order valence-electron chi connectivity index (χ2n) is 6.90. The zero-order valence-electron chi connectivity index (χ0n) is 16.6. The SMILES string of the molecule is COc1cc(C)c2[nH]c(=O)c3sccc3c2c1-c1ccc(N(C)CCN)cc1.Cl. The van der Waals surface area contributed by atoms with E-state index >= 15 is 0 Å². The third-order valence-electron chi connectivity index (χ3n) is 5.15. The zero-order chi connectivity index (χ0) is 19.8. The summed E-state index contributed by atoms with van der Waals surface area (Å²) in [5, 5.41) is 3.95. The summed E-state index contributed by atoms with van der Waals surface area (Å²) in [5.74, 6) is 0.799. The third-order valence-corrected chi connectivity index (χ3v) is 6.06. The van der Waals surface area contributed by atoms with Gasteiger partial charge in [0.05, 0.1) is 12.6 Å². The first-order valence-electron chi connectivity index (χ1n) is 9.17. The van der Waals surface area contributed by atoms with Gasteiger partial charge in [0, 0.05) is 42.2 Å². The van der Waals surface area contributed by atoms with Crippen molar-refractivity contribution in [2.24, 2.45) is 5.73 Å². The van der Waals surface area contributed by atoms with Crippen molar-refractivity contribution in [2.45, 2.75) is 6.92 Å². The van der Waals surface area contributed by atoms with E-state index in [0.29, 0.717) is 6.54 Å². The van der Waals surface area contributed by atoms with Gasteiger partial charge in [0.15, 0.2) is 0 Å². The number of methoxy groups -OCH3 is 1. The number of hydrogen-bond donors (Lipinski definition) is 2. The normalized spacial score (nSPS) is 10.9. The lowest BCUT2D eigenvalue weighted by Crippen LogP contribution is -2.24. The van der Waals surface area contributed by atoms with E-state index in [1.165, 1.54) is 11.3 Å². The van der Waals surface area contributed by atoms with Crippen LogP contribution < -0.4 is 20.9 Å². The Balaban J connectivity index is 0.00000240. The first-order valence-corrected chi connectivity index (χ1v) is 10.1. The maximum Gasteiger partial charge on any atom is 0.266 e. The fourth-order valence-corrected chi connectivity index (χ4v) is 4.52. The highest BCUT2D eigenvalue weighted by Gasteiger charge is 2.18. The van der Waals surface area contributed by atoms with Crippen molar-refractivity contribution >= 4 is 50.4 Å². The van der Waals surface area contributed by atoms with Gasteiger partial charge >= 0.3 is 0 Å². The fourth-order valence-electron chi connectivity index (χ4n) is 3.72. The number of H-pyrrole nitrogens is 1. The molecule has 3 N–H and O–H groups in total. The number of rotatable bonds is 5. The number of nitrogens with zero attached hydrogens (tertiary/aromatic N) is 1. The lowest BCUT2D eigenvalue weighted by Gasteiger charge is -2.19. The molecule has 2 aromatic carbocycles. The highest BCUT2D eigenvalue weighted by molar-refractivity contribution is 7.17. The van der Waals surface area contributed by atoms with Crippen LogP contribution in [0.4, 0.5) is 5.69 Å². The molecule has 0 saturated carbocycles. The molecule has 0 amide bonds. The van der Waals surface area contributed by atoms with Crippen molar-refractivity contribution < 1.29 is 4.74 Å². The average Bonchev–Trinajstić information content (AvgIpc) is 3.19. The van der Waals surface area contributed by atoms with E-state index in [1.807, 2.05) is 31.5 Å². The molecule has 0 saturated heterocycles. The molecule has 0 aliphatic carbocycles. The van der Waals surface area contributed by atoms with Gasteiger partial charge in [-0.15, -0.1) is 23.7 Å². The maximum absolute atomic E-state index is 12.5. The summed E-state index contributed by atoms with van der Waals surface area (Å²) >= 11 is 1.46. The van der Waals surface area contributed by atoms with Gasteiger partial charge in [0.2, 0.25) is 0 Å². The number of anilines is 1. The minimum Gasteiger partial charge on any atom is -0.496 e. The van der Waals surface area contributed by atoms with Crippen molar-refractivity contribution in [1.29, 1.82) is 0 Å². The Hall–Kier alpha value is -2.54. The molecule has 0 aliphatic heterocycles. The smallest absolute Gasteiger partial charge is 0.266 e. The van der Waals surface area contributed by atoms with Gasteiger partial charge in [-0.1, -0.05) is 12.1 Å². The molecule has 152 valence electrons. The number of nitrogens with two attached hydrogens (primary N) is 1. The first kappa shape index (κ1) is 21.2. The zero-order valence-corrected chi connectivity index (χ0v) is 18.2. The van der Waals surface area contributed by atoms with E-state index in [1.54, 1.807) is 7.11 Å².